The Bertz CT molecular complexity index is 837. The first-order valence-corrected chi connectivity index (χ1v) is 7.44. The summed E-state index contributed by atoms with van der Waals surface area (Å²) in [5, 5.41) is 14.3. The number of aromatic nitrogens is 3. The van der Waals surface area contributed by atoms with Crippen molar-refractivity contribution in [2.45, 2.75) is 20.3 Å². The molecule has 0 radical (unpaired) electrons. The van der Waals surface area contributed by atoms with Gasteiger partial charge in [-0.1, -0.05) is 24.6 Å². The Morgan fingerprint density at radius 3 is 2.35 bits per heavy atom. The molecule has 0 aliphatic carbocycles. The molecule has 0 unspecified atom stereocenters. The van der Waals surface area contributed by atoms with Crippen molar-refractivity contribution in [3.8, 4) is 16.9 Å². The number of hydrogen-bond donors (Lipinski definition) is 1. The lowest BCUT2D eigenvalue weighted by Gasteiger charge is -2.06. The third-order valence-corrected chi connectivity index (χ3v) is 3.76. The van der Waals surface area contributed by atoms with Gasteiger partial charge in [0.2, 0.25) is 0 Å². The molecule has 3 aromatic rings. The van der Waals surface area contributed by atoms with E-state index in [2.05, 4.69) is 10.1 Å². The SMILES string of the molecule is CCc1c(C(=O)O)c(-c2ccncc2)nn1-c1ccc(C)cc1. The molecule has 2 aromatic heterocycles. The predicted molar refractivity (Wildman–Crippen MR) is 87.9 cm³/mol. The van der Waals surface area contributed by atoms with E-state index in [4.69, 9.17) is 0 Å². The lowest BCUT2D eigenvalue weighted by molar-refractivity contribution is 0.0696. The number of carboxylic acid groups (broad SMARTS) is 1. The van der Waals surface area contributed by atoms with Crippen molar-refractivity contribution in [1.29, 1.82) is 0 Å². The molecule has 0 amide bonds. The van der Waals surface area contributed by atoms with Gasteiger partial charge in [0.25, 0.3) is 0 Å². The summed E-state index contributed by atoms with van der Waals surface area (Å²) in [5.74, 6) is -0.966. The molecule has 23 heavy (non-hydrogen) atoms. The van der Waals surface area contributed by atoms with Crippen molar-refractivity contribution in [2.24, 2.45) is 0 Å². The Hall–Kier alpha value is -2.95. The maximum Gasteiger partial charge on any atom is 0.339 e. The number of hydrogen-bond acceptors (Lipinski definition) is 3. The van der Waals surface area contributed by atoms with E-state index in [1.165, 1.54) is 0 Å². The summed E-state index contributed by atoms with van der Waals surface area (Å²) in [4.78, 5) is 15.8. The fraction of sp³-hybridized carbons (Fsp3) is 0.167. The maximum absolute atomic E-state index is 11.8. The van der Waals surface area contributed by atoms with Gasteiger partial charge in [0.15, 0.2) is 0 Å². The number of carbonyl (C=O) groups is 1. The molecule has 0 fully saturated rings. The molecule has 5 nitrogen and oxygen atoms in total. The minimum atomic E-state index is -0.966. The van der Waals surface area contributed by atoms with Crippen LogP contribution >= 0.6 is 0 Å². The minimum Gasteiger partial charge on any atom is -0.478 e. The second-order valence-electron chi connectivity index (χ2n) is 5.31. The third-order valence-electron chi connectivity index (χ3n) is 3.76. The number of benzene rings is 1. The van der Waals surface area contributed by atoms with E-state index < -0.39 is 5.97 Å². The molecule has 0 saturated heterocycles. The number of aromatic carboxylic acids is 1. The summed E-state index contributed by atoms with van der Waals surface area (Å²) in [6.07, 6.45) is 3.85. The number of carboxylic acids is 1. The smallest absolute Gasteiger partial charge is 0.339 e. The van der Waals surface area contributed by atoms with Crippen LogP contribution in [0, 0.1) is 6.92 Å². The second kappa shape index (κ2) is 6.04. The molecule has 0 atom stereocenters. The van der Waals surface area contributed by atoms with Crippen LogP contribution in [0.2, 0.25) is 0 Å². The van der Waals surface area contributed by atoms with Crippen LogP contribution in [0.1, 0.15) is 28.5 Å². The lowest BCUT2D eigenvalue weighted by Crippen LogP contribution is -2.05. The highest BCUT2D eigenvalue weighted by atomic mass is 16.4. The van der Waals surface area contributed by atoms with E-state index >= 15 is 0 Å². The summed E-state index contributed by atoms with van der Waals surface area (Å²) in [6.45, 7) is 3.95. The van der Waals surface area contributed by atoms with Crippen molar-refractivity contribution in [1.82, 2.24) is 14.8 Å². The molecule has 5 heteroatoms. The summed E-state index contributed by atoms with van der Waals surface area (Å²) in [6, 6.07) is 11.4. The van der Waals surface area contributed by atoms with Crippen molar-refractivity contribution in [2.75, 3.05) is 0 Å². The molecular formula is C18H17N3O2. The fourth-order valence-corrected chi connectivity index (χ4v) is 2.62. The highest BCUT2D eigenvalue weighted by Gasteiger charge is 2.24. The van der Waals surface area contributed by atoms with Crippen LogP contribution in [0.15, 0.2) is 48.8 Å². The van der Waals surface area contributed by atoms with Gasteiger partial charge in [0, 0.05) is 18.0 Å². The zero-order chi connectivity index (χ0) is 16.4. The topological polar surface area (TPSA) is 68.0 Å². The molecule has 0 bridgehead atoms. The van der Waals surface area contributed by atoms with Crippen molar-refractivity contribution >= 4 is 5.97 Å². The van der Waals surface area contributed by atoms with Crippen molar-refractivity contribution in [3.05, 3.63) is 65.6 Å². The fourth-order valence-electron chi connectivity index (χ4n) is 2.62. The predicted octanol–water partition coefficient (Wildman–Crippen LogP) is 3.50. The standard InChI is InChI=1S/C18H17N3O2/c1-3-15-16(18(22)23)17(13-8-10-19-11-9-13)20-21(15)14-6-4-12(2)5-7-14/h4-11H,3H2,1-2H3,(H,22,23). The quantitative estimate of drug-likeness (QED) is 0.801. The first-order valence-electron chi connectivity index (χ1n) is 7.44. The van der Waals surface area contributed by atoms with Gasteiger partial charge in [-0.15, -0.1) is 0 Å². The van der Waals surface area contributed by atoms with E-state index in [1.54, 1.807) is 29.2 Å². The van der Waals surface area contributed by atoms with Gasteiger partial charge >= 0.3 is 5.97 Å². The van der Waals surface area contributed by atoms with Gasteiger partial charge in [-0.05, 0) is 37.6 Å². The molecule has 116 valence electrons. The molecule has 0 spiro atoms. The molecule has 0 saturated carbocycles. The lowest BCUT2D eigenvalue weighted by atomic mass is 10.1. The second-order valence-corrected chi connectivity index (χ2v) is 5.31. The molecule has 1 N–H and O–H groups in total. The Balaban J connectivity index is 2.25. The van der Waals surface area contributed by atoms with Crippen LogP contribution < -0.4 is 0 Å². The van der Waals surface area contributed by atoms with Crippen LogP contribution in [0.3, 0.4) is 0 Å². The van der Waals surface area contributed by atoms with Gasteiger partial charge in [-0.25, -0.2) is 9.48 Å². The minimum absolute atomic E-state index is 0.249. The Kier molecular flexibility index (Phi) is 3.93. The van der Waals surface area contributed by atoms with E-state index in [0.717, 1.165) is 16.8 Å². The van der Waals surface area contributed by atoms with E-state index in [0.29, 0.717) is 17.8 Å². The first kappa shape index (κ1) is 15.0. The van der Waals surface area contributed by atoms with Crippen LogP contribution in [0.5, 0.6) is 0 Å². The maximum atomic E-state index is 11.8. The van der Waals surface area contributed by atoms with Crippen LogP contribution in [0.4, 0.5) is 0 Å². The normalized spacial score (nSPS) is 10.7. The highest BCUT2D eigenvalue weighted by molar-refractivity contribution is 5.96. The number of aryl methyl sites for hydroxylation is 1. The highest BCUT2D eigenvalue weighted by Crippen LogP contribution is 2.28. The molecular weight excluding hydrogens is 290 g/mol. The molecule has 3 rings (SSSR count). The Morgan fingerprint density at radius 1 is 1.13 bits per heavy atom. The molecule has 0 aliphatic rings. The van der Waals surface area contributed by atoms with Crippen molar-refractivity contribution < 1.29 is 9.90 Å². The Morgan fingerprint density at radius 2 is 1.78 bits per heavy atom. The average Bonchev–Trinajstić information content (AvgIpc) is 2.96. The largest absolute Gasteiger partial charge is 0.478 e. The summed E-state index contributed by atoms with van der Waals surface area (Å²) < 4.78 is 1.72. The average molecular weight is 307 g/mol. The van der Waals surface area contributed by atoms with Crippen molar-refractivity contribution in [3.63, 3.8) is 0 Å². The van der Waals surface area contributed by atoms with E-state index in [9.17, 15) is 9.90 Å². The van der Waals surface area contributed by atoms with Gasteiger partial charge in [-0.3, -0.25) is 4.98 Å². The first-order chi connectivity index (χ1) is 11.1. The molecule has 1 aromatic carbocycles. The number of pyridine rings is 1. The zero-order valence-corrected chi connectivity index (χ0v) is 13.0. The number of rotatable bonds is 4. The van der Waals surface area contributed by atoms with E-state index in [1.807, 2.05) is 38.1 Å². The van der Waals surface area contributed by atoms with Gasteiger partial charge in [0.1, 0.15) is 11.3 Å². The monoisotopic (exact) mass is 307 g/mol. The summed E-state index contributed by atoms with van der Waals surface area (Å²) in [7, 11) is 0. The summed E-state index contributed by atoms with van der Waals surface area (Å²) in [5.41, 5.74) is 4.16. The van der Waals surface area contributed by atoms with Gasteiger partial charge < -0.3 is 5.11 Å². The van der Waals surface area contributed by atoms with Gasteiger partial charge in [0.05, 0.1) is 11.4 Å². The summed E-state index contributed by atoms with van der Waals surface area (Å²) >= 11 is 0. The van der Waals surface area contributed by atoms with Crippen LogP contribution in [0.25, 0.3) is 16.9 Å². The Labute approximate surface area is 134 Å². The van der Waals surface area contributed by atoms with Gasteiger partial charge in [-0.2, -0.15) is 5.10 Å². The molecule has 2 heterocycles. The van der Waals surface area contributed by atoms with E-state index in [-0.39, 0.29) is 5.56 Å². The third kappa shape index (κ3) is 2.73. The van der Waals surface area contributed by atoms with Crippen LogP contribution in [-0.2, 0) is 6.42 Å². The molecule has 0 aliphatic heterocycles. The number of nitrogens with zero attached hydrogens (tertiary/aromatic N) is 3. The zero-order valence-electron chi connectivity index (χ0n) is 13.0. The van der Waals surface area contributed by atoms with Crippen LogP contribution in [-0.4, -0.2) is 25.8 Å².